The maximum absolute atomic E-state index is 13.3. The van der Waals surface area contributed by atoms with Crippen LogP contribution in [0.1, 0.15) is 24.8 Å². The third-order valence-electron chi connectivity index (χ3n) is 5.20. The summed E-state index contributed by atoms with van der Waals surface area (Å²) in [6.45, 7) is 0.799. The average Bonchev–Trinajstić information content (AvgIpc) is 2.71. The molecule has 0 saturated heterocycles. The minimum absolute atomic E-state index is 0.155. The van der Waals surface area contributed by atoms with Crippen LogP contribution in [0.4, 0.5) is 4.39 Å². The molecule has 1 aromatic rings. The second-order valence-electron chi connectivity index (χ2n) is 6.17. The Bertz CT molecular complexity index is 453. The van der Waals surface area contributed by atoms with Gasteiger partial charge in [0.15, 0.2) is 0 Å². The highest BCUT2D eigenvalue weighted by molar-refractivity contribution is 9.10. The molecule has 0 amide bonds. The van der Waals surface area contributed by atoms with E-state index in [4.69, 9.17) is 0 Å². The van der Waals surface area contributed by atoms with Gasteiger partial charge in [-0.1, -0.05) is 15.9 Å². The second-order valence-corrected chi connectivity index (χ2v) is 7.09. The fourth-order valence-corrected chi connectivity index (χ4v) is 5.06. The summed E-state index contributed by atoms with van der Waals surface area (Å²) in [6.07, 6.45) is 4.39. The fourth-order valence-electron chi connectivity index (χ4n) is 4.55. The van der Waals surface area contributed by atoms with Gasteiger partial charge in [-0.05, 0) is 66.7 Å². The van der Waals surface area contributed by atoms with E-state index in [1.165, 1.54) is 25.3 Å². The van der Waals surface area contributed by atoms with Crippen molar-refractivity contribution in [2.75, 3.05) is 0 Å². The molecule has 0 radical (unpaired) electrons. The van der Waals surface area contributed by atoms with Crippen molar-refractivity contribution < 1.29 is 4.39 Å². The minimum Gasteiger partial charge on any atom is -0.309 e. The molecule has 1 nitrogen and oxygen atoms in total. The predicted octanol–water partition coefficient (Wildman–Crippen LogP) is 3.72. The van der Waals surface area contributed by atoms with Crippen LogP contribution in [0.25, 0.3) is 0 Å². The van der Waals surface area contributed by atoms with Crippen molar-refractivity contribution in [1.29, 1.82) is 0 Å². The Balaban J connectivity index is 1.40. The molecule has 4 unspecified atom stereocenters. The van der Waals surface area contributed by atoms with Gasteiger partial charge in [0.2, 0.25) is 0 Å². The van der Waals surface area contributed by atoms with Gasteiger partial charge >= 0.3 is 0 Å². The monoisotopic (exact) mass is 309 g/mol. The van der Waals surface area contributed by atoms with Crippen LogP contribution < -0.4 is 5.32 Å². The first-order chi connectivity index (χ1) is 8.72. The largest absolute Gasteiger partial charge is 0.309 e. The molecular weight excluding hydrogens is 293 g/mol. The molecule has 1 N–H and O–H groups in total. The third-order valence-corrected chi connectivity index (χ3v) is 5.66. The lowest BCUT2D eigenvalue weighted by atomic mass is 10.0. The molecule has 1 aromatic carbocycles. The van der Waals surface area contributed by atoms with E-state index in [0.29, 0.717) is 0 Å². The lowest BCUT2D eigenvalue weighted by Crippen LogP contribution is -2.22. The van der Waals surface area contributed by atoms with E-state index in [0.717, 1.165) is 46.3 Å². The molecule has 0 heterocycles. The van der Waals surface area contributed by atoms with E-state index < -0.39 is 0 Å². The molecule has 4 rings (SSSR count). The summed E-state index contributed by atoms with van der Waals surface area (Å²) in [7, 11) is 0. The van der Waals surface area contributed by atoms with Crippen molar-refractivity contribution >= 4 is 15.9 Å². The summed E-state index contributed by atoms with van der Waals surface area (Å²) < 4.78 is 14.1. The van der Waals surface area contributed by atoms with Gasteiger partial charge in [-0.2, -0.15) is 0 Å². The Morgan fingerprint density at radius 1 is 1.17 bits per heavy atom. The van der Waals surface area contributed by atoms with Crippen molar-refractivity contribution in [3.8, 4) is 0 Å². The zero-order valence-corrected chi connectivity index (χ0v) is 11.8. The standard InChI is InChI=1S/C15H17BrFN/c16-11-3-8(4-12(17)6-11)7-18-15-13-9-1-2-10(5-9)14(13)15/h3-4,6,9-10,13-15,18H,1-2,5,7H2. The quantitative estimate of drug-likeness (QED) is 0.897. The number of fused-ring (bicyclic) bond motifs is 5. The van der Waals surface area contributed by atoms with Crippen molar-refractivity contribution in [2.45, 2.75) is 31.8 Å². The summed E-state index contributed by atoms with van der Waals surface area (Å²) in [5.41, 5.74) is 1.04. The number of halogens is 2. The summed E-state index contributed by atoms with van der Waals surface area (Å²) >= 11 is 3.35. The van der Waals surface area contributed by atoms with Gasteiger partial charge in [0.05, 0.1) is 0 Å². The topological polar surface area (TPSA) is 12.0 Å². The summed E-state index contributed by atoms with van der Waals surface area (Å²) in [5.74, 6) is 3.73. The summed E-state index contributed by atoms with van der Waals surface area (Å²) in [6, 6.07) is 5.86. The van der Waals surface area contributed by atoms with Crippen molar-refractivity contribution in [3.63, 3.8) is 0 Å². The van der Waals surface area contributed by atoms with E-state index in [1.54, 1.807) is 6.07 Å². The third kappa shape index (κ3) is 1.75. The first-order valence-corrected chi connectivity index (χ1v) is 7.70. The zero-order valence-electron chi connectivity index (χ0n) is 10.2. The molecule has 3 saturated carbocycles. The SMILES string of the molecule is Fc1cc(Br)cc(CNC2C3C4CCC(C4)C23)c1. The Labute approximate surface area is 115 Å². The Kier molecular flexibility index (Phi) is 2.56. The highest BCUT2D eigenvalue weighted by Crippen LogP contribution is 2.65. The van der Waals surface area contributed by atoms with Gasteiger partial charge in [-0.15, -0.1) is 0 Å². The minimum atomic E-state index is -0.155. The highest BCUT2D eigenvalue weighted by atomic mass is 79.9. The van der Waals surface area contributed by atoms with Crippen LogP contribution in [0.2, 0.25) is 0 Å². The predicted molar refractivity (Wildman–Crippen MR) is 72.5 cm³/mol. The fraction of sp³-hybridized carbons (Fsp3) is 0.600. The van der Waals surface area contributed by atoms with Crippen LogP contribution >= 0.6 is 15.9 Å². The van der Waals surface area contributed by atoms with Gasteiger partial charge < -0.3 is 5.32 Å². The number of hydrogen-bond acceptors (Lipinski definition) is 1. The van der Waals surface area contributed by atoms with Crippen molar-refractivity contribution in [3.05, 3.63) is 34.1 Å². The molecule has 0 spiro atoms. The van der Waals surface area contributed by atoms with Crippen LogP contribution in [0.15, 0.2) is 22.7 Å². The summed E-state index contributed by atoms with van der Waals surface area (Å²) in [5, 5.41) is 3.64. The highest BCUT2D eigenvalue weighted by Gasteiger charge is 2.64. The average molecular weight is 310 g/mol. The van der Waals surface area contributed by atoms with E-state index in [1.807, 2.05) is 6.07 Å². The van der Waals surface area contributed by atoms with Crippen molar-refractivity contribution in [2.24, 2.45) is 23.7 Å². The normalized spacial score (nSPS) is 40.0. The number of hydrogen-bond donors (Lipinski definition) is 1. The van der Waals surface area contributed by atoms with E-state index in [9.17, 15) is 4.39 Å². The molecule has 2 bridgehead atoms. The van der Waals surface area contributed by atoms with E-state index in [-0.39, 0.29) is 5.82 Å². The maximum atomic E-state index is 13.3. The van der Waals surface area contributed by atoms with Crippen LogP contribution in [0, 0.1) is 29.5 Å². The van der Waals surface area contributed by atoms with Gasteiger partial charge in [0.1, 0.15) is 5.82 Å². The molecule has 3 aliphatic rings. The van der Waals surface area contributed by atoms with Crippen LogP contribution in [0.5, 0.6) is 0 Å². The molecule has 0 aromatic heterocycles. The van der Waals surface area contributed by atoms with Gasteiger partial charge in [-0.25, -0.2) is 4.39 Å². The molecule has 3 fully saturated rings. The molecule has 0 aliphatic heterocycles. The molecule has 3 heteroatoms. The van der Waals surface area contributed by atoms with E-state index >= 15 is 0 Å². The smallest absolute Gasteiger partial charge is 0.124 e. The number of rotatable bonds is 3. The van der Waals surface area contributed by atoms with Crippen LogP contribution in [-0.4, -0.2) is 6.04 Å². The van der Waals surface area contributed by atoms with E-state index in [2.05, 4.69) is 21.2 Å². The number of benzene rings is 1. The van der Waals surface area contributed by atoms with Gasteiger partial charge in [-0.3, -0.25) is 0 Å². The first-order valence-electron chi connectivity index (χ1n) is 6.91. The zero-order chi connectivity index (χ0) is 12.3. The molecule has 3 aliphatic carbocycles. The van der Waals surface area contributed by atoms with Crippen LogP contribution in [0.3, 0.4) is 0 Å². The molecule has 96 valence electrons. The Morgan fingerprint density at radius 2 is 1.89 bits per heavy atom. The lowest BCUT2D eigenvalue weighted by molar-refractivity contribution is 0.456. The molecular formula is C15H17BrFN. The lowest BCUT2D eigenvalue weighted by Gasteiger charge is -2.10. The summed E-state index contributed by atoms with van der Waals surface area (Å²) in [4.78, 5) is 0. The van der Waals surface area contributed by atoms with Crippen molar-refractivity contribution in [1.82, 2.24) is 5.32 Å². The molecule has 18 heavy (non-hydrogen) atoms. The van der Waals surface area contributed by atoms with Crippen LogP contribution in [-0.2, 0) is 6.54 Å². The number of nitrogens with one attached hydrogen (secondary N) is 1. The Morgan fingerprint density at radius 3 is 2.56 bits per heavy atom. The Hall–Kier alpha value is -0.410. The van der Waals surface area contributed by atoms with Gasteiger partial charge in [0.25, 0.3) is 0 Å². The molecule has 4 atom stereocenters. The maximum Gasteiger partial charge on any atom is 0.124 e. The van der Waals surface area contributed by atoms with Gasteiger partial charge in [0, 0.05) is 17.1 Å². The second kappa shape index (κ2) is 4.04. The first kappa shape index (κ1) is 11.4.